The Bertz CT molecular complexity index is 1020. The van der Waals surface area contributed by atoms with Gasteiger partial charge in [-0.3, -0.25) is 13.9 Å². The third-order valence-corrected chi connectivity index (χ3v) is 6.15. The monoisotopic (exact) mass is 439 g/mol. The first-order valence-corrected chi connectivity index (χ1v) is 11.2. The molecule has 0 fully saturated rings. The van der Waals surface area contributed by atoms with Crippen molar-refractivity contribution in [3.8, 4) is 11.5 Å². The lowest BCUT2D eigenvalue weighted by molar-refractivity contribution is -0.130. The van der Waals surface area contributed by atoms with E-state index < -0.39 is 0 Å². The Labute approximate surface area is 186 Å². The number of nitrogens with zero attached hydrogens (tertiary/aromatic N) is 3. The molecule has 162 valence electrons. The fourth-order valence-corrected chi connectivity index (χ4v) is 4.48. The summed E-state index contributed by atoms with van der Waals surface area (Å²) in [5.41, 5.74) is 3.55. The molecule has 1 unspecified atom stereocenters. The topological polar surface area (TPSA) is 71.4 Å². The van der Waals surface area contributed by atoms with Crippen LogP contribution in [-0.4, -0.2) is 41.5 Å². The molecule has 1 atom stereocenters. The van der Waals surface area contributed by atoms with Gasteiger partial charge in [0.1, 0.15) is 13.2 Å². The van der Waals surface area contributed by atoms with E-state index in [9.17, 15) is 9.59 Å². The van der Waals surface area contributed by atoms with Crippen LogP contribution in [-0.2, 0) is 9.59 Å². The van der Waals surface area contributed by atoms with Crippen molar-refractivity contribution in [1.29, 1.82) is 0 Å². The van der Waals surface area contributed by atoms with Gasteiger partial charge < -0.3 is 9.47 Å². The lowest BCUT2D eigenvalue weighted by Gasteiger charge is -2.23. The Morgan fingerprint density at radius 3 is 2.45 bits per heavy atom. The van der Waals surface area contributed by atoms with Crippen LogP contribution in [0.15, 0.2) is 47.6 Å². The summed E-state index contributed by atoms with van der Waals surface area (Å²) in [7, 11) is 0. The van der Waals surface area contributed by atoms with Gasteiger partial charge in [-0.25, -0.2) is 5.01 Å². The first kappa shape index (κ1) is 21.2. The Balaban J connectivity index is 1.58. The third-order valence-electron chi connectivity index (χ3n) is 5.16. The normalized spacial score (nSPS) is 17.3. The van der Waals surface area contributed by atoms with Crippen LogP contribution in [0.2, 0.25) is 0 Å². The molecule has 8 heteroatoms. The molecule has 2 aromatic rings. The summed E-state index contributed by atoms with van der Waals surface area (Å²) in [4.78, 5) is 24.2. The molecule has 31 heavy (non-hydrogen) atoms. The molecule has 0 bridgehead atoms. The van der Waals surface area contributed by atoms with E-state index in [1.807, 2.05) is 49.4 Å². The number of hydrazone groups is 1. The van der Waals surface area contributed by atoms with Gasteiger partial charge in [-0.1, -0.05) is 25.1 Å². The third kappa shape index (κ3) is 4.39. The molecular formula is C23H25N3O4S. The number of carbonyl (C=O) groups excluding carboxylic acids is 2. The van der Waals surface area contributed by atoms with Crippen LogP contribution in [0.1, 0.15) is 44.4 Å². The number of ether oxygens (including phenoxy) is 2. The van der Waals surface area contributed by atoms with Crippen LogP contribution >= 0.6 is 11.9 Å². The number of benzene rings is 2. The van der Waals surface area contributed by atoms with Crippen molar-refractivity contribution < 1.29 is 19.1 Å². The van der Waals surface area contributed by atoms with Crippen LogP contribution in [0.4, 0.5) is 5.69 Å². The number of amides is 2. The smallest absolute Gasteiger partial charge is 0.240 e. The van der Waals surface area contributed by atoms with Crippen molar-refractivity contribution in [3.05, 3.63) is 53.6 Å². The molecule has 0 radical (unpaired) electrons. The SMILES string of the molecule is CCSN(C(C)=O)c1ccc(C2=NN(C(C)=O)C(c3ccc4c(c3)OCCO4)C2)cc1. The maximum Gasteiger partial charge on any atom is 0.240 e. The molecule has 2 aromatic carbocycles. The molecular weight excluding hydrogens is 414 g/mol. The van der Waals surface area contributed by atoms with E-state index in [1.165, 1.54) is 23.9 Å². The van der Waals surface area contributed by atoms with Gasteiger partial charge in [0.15, 0.2) is 11.5 Å². The quantitative estimate of drug-likeness (QED) is 0.654. The van der Waals surface area contributed by atoms with Crippen molar-refractivity contribution in [2.45, 2.75) is 33.2 Å². The summed E-state index contributed by atoms with van der Waals surface area (Å²) in [6.07, 6.45) is 0.596. The van der Waals surface area contributed by atoms with Crippen LogP contribution in [0.5, 0.6) is 11.5 Å². The average Bonchev–Trinajstić information content (AvgIpc) is 3.23. The highest BCUT2D eigenvalue weighted by atomic mass is 32.2. The van der Waals surface area contributed by atoms with Gasteiger partial charge in [0, 0.05) is 26.0 Å². The van der Waals surface area contributed by atoms with Crippen molar-refractivity contribution in [3.63, 3.8) is 0 Å². The molecule has 0 saturated carbocycles. The number of carbonyl (C=O) groups is 2. The molecule has 0 saturated heterocycles. The van der Waals surface area contributed by atoms with Gasteiger partial charge in [-0.05, 0) is 47.3 Å². The van der Waals surface area contributed by atoms with E-state index in [2.05, 4.69) is 5.10 Å². The maximum atomic E-state index is 12.3. The van der Waals surface area contributed by atoms with Crippen molar-refractivity contribution in [2.75, 3.05) is 23.3 Å². The van der Waals surface area contributed by atoms with Crippen LogP contribution in [0, 0.1) is 0 Å². The molecule has 2 aliphatic heterocycles. The summed E-state index contributed by atoms with van der Waals surface area (Å²) in [5.74, 6) is 2.09. The fourth-order valence-electron chi connectivity index (χ4n) is 3.77. The van der Waals surface area contributed by atoms with E-state index in [-0.39, 0.29) is 17.9 Å². The van der Waals surface area contributed by atoms with Crippen molar-refractivity contribution in [1.82, 2.24) is 5.01 Å². The first-order chi connectivity index (χ1) is 15.0. The zero-order chi connectivity index (χ0) is 22.0. The molecule has 0 aromatic heterocycles. The largest absolute Gasteiger partial charge is 0.486 e. The summed E-state index contributed by atoms with van der Waals surface area (Å²) >= 11 is 1.47. The minimum atomic E-state index is -0.202. The summed E-state index contributed by atoms with van der Waals surface area (Å²) in [6.45, 7) is 6.14. The second-order valence-corrected chi connectivity index (χ2v) is 8.51. The second-order valence-electron chi connectivity index (χ2n) is 7.31. The van der Waals surface area contributed by atoms with E-state index in [0.29, 0.717) is 25.4 Å². The van der Waals surface area contributed by atoms with Gasteiger partial charge in [-0.2, -0.15) is 5.10 Å². The highest BCUT2D eigenvalue weighted by molar-refractivity contribution is 8.01. The summed E-state index contributed by atoms with van der Waals surface area (Å²) in [6, 6.07) is 13.3. The number of hydrogen-bond acceptors (Lipinski definition) is 6. The Hall–Kier alpha value is -3.00. The van der Waals surface area contributed by atoms with E-state index in [0.717, 1.165) is 34.0 Å². The summed E-state index contributed by atoms with van der Waals surface area (Å²) in [5, 5.41) is 6.15. The predicted octanol–water partition coefficient (Wildman–Crippen LogP) is 4.18. The minimum absolute atomic E-state index is 0.0146. The van der Waals surface area contributed by atoms with Gasteiger partial charge in [0.2, 0.25) is 11.8 Å². The van der Waals surface area contributed by atoms with Crippen LogP contribution in [0.3, 0.4) is 0 Å². The van der Waals surface area contributed by atoms with Crippen molar-refractivity contribution in [2.24, 2.45) is 5.10 Å². The van der Waals surface area contributed by atoms with E-state index in [1.54, 1.807) is 11.2 Å². The molecule has 0 spiro atoms. The van der Waals surface area contributed by atoms with Crippen LogP contribution < -0.4 is 13.8 Å². The van der Waals surface area contributed by atoms with Gasteiger partial charge in [0.25, 0.3) is 0 Å². The second kappa shape index (κ2) is 9.01. The predicted molar refractivity (Wildman–Crippen MR) is 122 cm³/mol. The average molecular weight is 440 g/mol. The zero-order valence-electron chi connectivity index (χ0n) is 17.8. The Kier molecular flexibility index (Phi) is 6.18. The van der Waals surface area contributed by atoms with E-state index in [4.69, 9.17) is 9.47 Å². The lowest BCUT2D eigenvalue weighted by atomic mass is 9.98. The molecule has 0 aliphatic carbocycles. The molecule has 0 N–H and O–H groups in total. The molecule has 2 heterocycles. The van der Waals surface area contributed by atoms with Gasteiger partial charge in [0.05, 0.1) is 17.4 Å². The molecule has 7 nitrogen and oxygen atoms in total. The number of fused-ring (bicyclic) bond motifs is 1. The highest BCUT2D eigenvalue weighted by Gasteiger charge is 2.32. The molecule has 2 amide bonds. The molecule has 2 aliphatic rings. The number of hydrogen-bond donors (Lipinski definition) is 0. The van der Waals surface area contributed by atoms with E-state index >= 15 is 0 Å². The Morgan fingerprint density at radius 1 is 1.10 bits per heavy atom. The first-order valence-electron chi connectivity index (χ1n) is 10.3. The number of anilines is 1. The van der Waals surface area contributed by atoms with Gasteiger partial charge >= 0.3 is 0 Å². The Morgan fingerprint density at radius 2 is 1.81 bits per heavy atom. The summed E-state index contributed by atoms with van der Waals surface area (Å²) < 4.78 is 13.0. The highest BCUT2D eigenvalue weighted by Crippen LogP contribution is 2.38. The molecule has 4 rings (SSSR count). The minimum Gasteiger partial charge on any atom is -0.486 e. The van der Waals surface area contributed by atoms with Crippen LogP contribution in [0.25, 0.3) is 0 Å². The lowest BCUT2D eigenvalue weighted by Crippen LogP contribution is -2.24. The van der Waals surface area contributed by atoms with Crippen molar-refractivity contribution >= 4 is 35.2 Å². The zero-order valence-corrected chi connectivity index (χ0v) is 18.6. The fraction of sp³-hybridized carbons (Fsp3) is 0.348. The van der Waals surface area contributed by atoms with Gasteiger partial charge in [-0.15, -0.1) is 0 Å². The standard InChI is InChI=1S/C23H25N3O4S/c1-4-31-26(16(3)28)19-8-5-17(6-9-19)20-14-21(25(24-20)15(2)27)18-7-10-22-23(13-18)30-12-11-29-22/h5-10,13,21H,4,11-12,14H2,1-3H3. The maximum absolute atomic E-state index is 12.3. The number of rotatable bonds is 5.